The summed E-state index contributed by atoms with van der Waals surface area (Å²) in [5, 5.41) is 0. The zero-order valence-corrected chi connectivity index (χ0v) is 10.7. The molecule has 1 aromatic rings. The molecule has 2 N–H and O–H groups in total. The summed E-state index contributed by atoms with van der Waals surface area (Å²) in [6, 6.07) is 1.92. The van der Waals surface area contributed by atoms with Gasteiger partial charge in [0, 0.05) is 24.5 Å². The summed E-state index contributed by atoms with van der Waals surface area (Å²) in [4.78, 5) is 4.08. The number of aromatic nitrogens is 1. The van der Waals surface area contributed by atoms with Crippen LogP contribution in [0.1, 0.15) is 38.7 Å². The number of nitrogens with two attached hydrogens (primary N) is 1. The first-order chi connectivity index (χ1) is 8.19. The first kappa shape index (κ1) is 12.4. The number of ether oxygens (including phenoxy) is 1. The molecule has 0 bridgehead atoms. The molecule has 1 heterocycles. The van der Waals surface area contributed by atoms with Crippen LogP contribution in [0.5, 0.6) is 5.75 Å². The Morgan fingerprint density at radius 3 is 2.65 bits per heavy atom. The molecule has 1 saturated carbocycles. The summed E-state index contributed by atoms with van der Waals surface area (Å²) in [6.07, 6.45) is 7.52. The van der Waals surface area contributed by atoms with Gasteiger partial charge in [0.2, 0.25) is 0 Å². The van der Waals surface area contributed by atoms with Crippen molar-refractivity contribution in [3.8, 4) is 5.75 Å². The predicted octanol–water partition coefficient (Wildman–Crippen LogP) is 2.74. The van der Waals surface area contributed by atoms with E-state index in [9.17, 15) is 0 Å². The average Bonchev–Trinajstić information content (AvgIpc) is 2.28. The highest BCUT2D eigenvalue weighted by molar-refractivity contribution is 5.30. The average molecular weight is 234 g/mol. The van der Waals surface area contributed by atoms with Gasteiger partial charge in [-0.1, -0.05) is 13.8 Å². The summed E-state index contributed by atoms with van der Waals surface area (Å²) >= 11 is 0. The molecule has 1 fully saturated rings. The molecule has 0 aromatic carbocycles. The van der Waals surface area contributed by atoms with Gasteiger partial charge >= 0.3 is 0 Å². The fourth-order valence-corrected chi connectivity index (χ4v) is 2.83. The monoisotopic (exact) mass is 234 g/mol. The molecule has 17 heavy (non-hydrogen) atoms. The van der Waals surface area contributed by atoms with E-state index in [0.29, 0.717) is 12.6 Å². The Hall–Kier alpha value is -1.09. The van der Waals surface area contributed by atoms with Crippen molar-refractivity contribution in [1.82, 2.24) is 4.98 Å². The SMILES string of the molecule is CC1CC(C)CC(Oc2ccncc2CN)C1. The van der Waals surface area contributed by atoms with Crippen molar-refractivity contribution < 1.29 is 4.74 Å². The van der Waals surface area contributed by atoms with E-state index in [4.69, 9.17) is 10.5 Å². The molecule has 2 unspecified atom stereocenters. The second-order valence-corrected chi connectivity index (χ2v) is 5.34. The van der Waals surface area contributed by atoms with Gasteiger partial charge in [0.25, 0.3) is 0 Å². The van der Waals surface area contributed by atoms with Gasteiger partial charge in [-0.3, -0.25) is 4.98 Å². The highest BCUT2D eigenvalue weighted by atomic mass is 16.5. The number of rotatable bonds is 3. The lowest BCUT2D eigenvalue weighted by atomic mass is 9.82. The lowest BCUT2D eigenvalue weighted by molar-refractivity contribution is 0.1000. The standard InChI is InChI=1S/C14H22N2O/c1-10-5-11(2)7-13(6-10)17-14-3-4-16-9-12(14)8-15/h3-4,9-11,13H,5-8,15H2,1-2H3. The minimum Gasteiger partial charge on any atom is -0.490 e. The van der Waals surface area contributed by atoms with Crippen LogP contribution in [0.25, 0.3) is 0 Å². The second kappa shape index (κ2) is 5.50. The first-order valence-electron chi connectivity index (χ1n) is 6.48. The molecule has 94 valence electrons. The van der Waals surface area contributed by atoms with Gasteiger partial charge in [-0.05, 0) is 37.2 Å². The van der Waals surface area contributed by atoms with Crippen LogP contribution in [0.4, 0.5) is 0 Å². The predicted molar refractivity (Wildman–Crippen MR) is 68.7 cm³/mol. The van der Waals surface area contributed by atoms with Crippen molar-refractivity contribution >= 4 is 0 Å². The van der Waals surface area contributed by atoms with E-state index in [1.54, 1.807) is 12.4 Å². The molecule has 0 aliphatic heterocycles. The van der Waals surface area contributed by atoms with E-state index in [1.165, 1.54) is 6.42 Å². The largest absolute Gasteiger partial charge is 0.490 e. The fourth-order valence-electron chi connectivity index (χ4n) is 2.83. The van der Waals surface area contributed by atoms with Crippen molar-refractivity contribution in [3.63, 3.8) is 0 Å². The van der Waals surface area contributed by atoms with Gasteiger partial charge in [-0.15, -0.1) is 0 Å². The van der Waals surface area contributed by atoms with Crippen molar-refractivity contribution in [2.45, 2.75) is 45.8 Å². The van der Waals surface area contributed by atoms with E-state index < -0.39 is 0 Å². The van der Waals surface area contributed by atoms with Gasteiger partial charge in [0.1, 0.15) is 5.75 Å². The molecule has 0 amide bonds. The maximum absolute atomic E-state index is 6.10. The van der Waals surface area contributed by atoms with Crippen LogP contribution in [-0.4, -0.2) is 11.1 Å². The molecule has 2 atom stereocenters. The Bertz CT molecular complexity index is 357. The molecule has 3 nitrogen and oxygen atoms in total. The Morgan fingerprint density at radius 1 is 1.29 bits per heavy atom. The molecule has 0 radical (unpaired) electrons. The molecule has 1 aromatic heterocycles. The highest BCUT2D eigenvalue weighted by Crippen LogP contribution is 2.31. The van der Waals surface area contributed by atoms with Gasteiger partial charge in [-0.25, -0.2) is 0 Å². The van der Waals surface area contributed by atoms with Gasteiger partial charge < -0.3 is 10.5 Å². The molecule has 3 heteroatoms. The van der Waals surface area contributed by atoms with Crippen LogP contribution >= 0.6 is 0 Å². The first-order valence-corrected chi connectivity index (χ1v) is 6.48. The van der Waals surface area contributed by atoms with Crippen LogP contribution < -0.4 is 10.5 Å². The smallest absolute Gasteiger partial charge is 0.127 e. The third kappa shape index (κ3) is 3.19. The number of hydrogen-bond donors (Lipinski definition) is 1. The van der Waals surface area contributed by atoms with Crippen LogP contribution in [-0.2, 0) is 6.54 Å². The van der Waals surface area contributed by atoms with Crippen molar-refractivity contribution in [2.75, 3.05) is 0 Å². The summed E-state index contributed by atoms with van der Waals surface area (Å²) in [5.74, 6) is 2.42. The van der Waals surface area contributed by atoms with E-state index in [2.05, 4.69) is 18.8 Å². The Labute approximate surface area is 103 Å². The topological polar surface area (TPSA) is 48.1 Å². The quantitative estimate of drug-likeness (QED) is 0.874. The van der Waals surface area contributed by atoms with Gasteiger partial charge in [-0.2, -0.15) is 0 Å². The van der Waals surface area contributed by atoms with Crippen LogP contribution in [0.3, 0.4) is 0 Å². The third-order valence-electron chi connectivity index (χ3n) is 3.51. The van der Waals surface area contributed by atoms with E-state index in [0.717, 1.165) is 36.0 Å². The lowest BCUT2D eigenvalue weighted by Gasteiger charge is -2.32. The normalized spacial score (nSPS) is 29.0. The van der Waals surface area contributed by atoms with E-state index in [-0.39, 0.29) is 0 Å². The number of hydrogen-bond acceptors (Lipinski definition) is 3. The molecule has 0 spiro atoms. The van der Waals surface area contributed by atoms with Crippen molar-refractivity contribution in [1.29, 1.82) is 0 Å². The second-order valence-electron chi connectivity index (χ2n) is 5.34. The van der Waals surface area contributed by atoms with Gasteiger partial charge in [0.15, 0.2) is 0 Å². The summed E-state index contributed by atoms with van der Waals surface area (Å²) in [6.45, 7) is 5.10. The van der Waals surface area contributed by atoms with E-state index in [1.807, 2.05) is 6.07 Å². The summed E-state index contributed by atoms with van der Waals surface area (Å²) in [5.41, 5.74) is 6.69. The Morgan fingerprint density at radius 2 is 2.00 bits per heavy atom. The molecule has 1 aliphatic carbocycles. The molecular formula is C14H22N2O. The van der Waals surface area contributed by atoms with Gasteiger partial charge in [0.05, 0.1) is 6.10 Å². The van der Waals surface area contributed by atoms with Crippen molar-refractivity contribution in [3.05, 3.63) is 24.0 Å². The van der Waals surface area contributed by atoms with Crippen LogP contribution in [0.15, 0.2) is 18.5 Å². The van der Waals surface area contributed by atoms with Crippen LogP contribution in [0, 0.1) is 11.8 Å². The Balaban J connectivity index is 2.04. The highest BCUT2D eigenvalue weighted by Gasteiger charge is 2.25. The van der Waals surface area contributed by atoms with Crippen LogP contribution in [0.2, 0.25) is 0 Å². The maximum Gasteiger partial charge on any atom is 0.127 e. The Kier molecular flexibility index (Phi) is 4.00. The molecule has 0 saturated heterocycles. The third-order valence-corrected chi connectivity index (χ3v) is 3.51. The van der Waals surface area contributed by atoms with E-state index >= 15 is 0 Å². The fraction of sp³-hybridized carbons (Fsp3) is 0.643. The zero-order valence-electron chi connectivity index (χ0n) is 10.7. The summed E-state index contributed by atoms with van der Waals surface area (Å²) < 4.78 is 6.10. The number of nitrogens with zero attached hydrogens (tertiary/aromatic N) is 1. The minimum absolute atomic E-state index is 0.335. The number of pyridine rings is 1. The van der Waals surface area contributed by atoms with Crippen molar-refractivity contribution in [2.24, 2.45) is 17.6 Å². The molecular weight excluding hydrogens is 212 g/mol. The summed E-state index contributed by atoms with van der Waals surface area (Å²) in [7, 11) is 0. The lowest BCUT2D eigenvalue weighted by Crippen LogP contribution is -2.28. The maximum atomic E-state index is 6.10. The molecule has 2 rings (SSSR count). The minimum atomic E-state index is 0.335. The molecule has 1 aliphatic rings. The zero-order chi connectivity index (χ0) is 12.3.